The van der Waals surface area contributed by atoms with E-state index in [1.807, 2.05) is 50.4 Å². The van der Waals surface area contributed by atoms with Crippen LogP contribution >= 0.6 is 0 Å². The number of rotatable bonds is 2. The lowest BCUT2D eigenvalue weighted by atomic mass is 10.3. The van der Waals surface area contributed by atoms with Crippen LogP contribution < -0.4 is 0 Å². The summed E-state index contributed by atoms with van der Waals surface area (Å²) in [4.78, 5) is 0. The van der Waals surface area contributed by atoms with Crippen molar-refractivity contribution in [3.63, 3.8) is 0 Å². The number of hydrogen-bond donors (Lipinski definition) is 1. The Hall–Kier alpha value is -1.61. The van der Waals surface area contributed by atoms with E-state index < -0.39 is 0 Å². The number of hydrogen-bond acceptors (Lipinski definition) is 2. The van der Waals surface area contributed by atoms with E-state index in [0.717, 1.165) is 11.3 Å². The Morgan fingerprint density at radius 1 is 1.20 bits per heavy atom. The van der Waals surface area contributed by atoms with Gasteiger partial charge in [0.15, 0.2) is 0 Å². The minimum Gasteiger partial charge on any atom is -0.392 e. The van der Waals surface area contributed by atoms with Crippen molar-refractivity contribution in [3.8, 4) is 5.69 Å². The van der Waals surface area contributed by atoms with Gasteiger partial charge in [-0.15, -0.1) is 0 Å². The maximum absolute atomic E-state index is 8.84. The maximum atomic E-state index is 8.84. The minimum atomic E-state index is 0.0346. The molecule has 15 heavy (non-hydrogen) atoms. The van der Waals surface area contributed by atoms with Crippen LogP contribution in [-0.4, -0.2) is 14.9 Å². The number of nitrogens with zero attached hydrogens (tertiary/aromatic N) is 2. The van der Waals surface area contributed by atoms with Gasteiger partial charge in [-0.05, 0) is 12.1 Å². The first kappa shape index (κ1) is 11.5. The van der Waals surface area contributed by atoms with E-state index in [1.165, 1.54) is 0 Å². The Morgan fingerprint density at radius 3 is 2.40 bits per heavy atom. The molecule has 0 radical (unpaired) electrons. The van der Waals surface area contributed by atoms with Crippen LogP contribution in [0.15, 0.2) is 42.7 Å². The molecule has 0 unspecified atom stereocenters. The van der Waals surface area contributed by atoms with Crippen molar-refractivity contribution in [2.45, 2.75) is 20.5 Å². The molecule has 0 amide bonds. The first-order valence-electron chi connectivity index (χ1n) is 5.10. The molecule has 0 aliphatic carbocycles. The smallest absolute Gasteiger partial charge is 0.0712 e. The standard InChI is InChI=1S/C10H10N2O.C2H6/c13-8-9-6-11-12(7-9)10-4-2-1-3-5-10;1-2/h1-7,13H,8H2;1-2H3. The van der Waals surface area contributed by atoms with Crippen LogP contribution in [0.4, 0.5) is 0 Å². The molecule has 0 saturated carbocycles. The predicted octanol–water partition coefficient (Wildman–Crippen LogP) is 2.39. The fourth-order valence-corrected chi connectivity index (χ4v) is 1.16. The third kappa shape index (κ3) is 2.92. The fraction of sp³-hybridized carbons (Fsp3) is 0.250. The molecule has 1 N–H and O–H groups in total. The Balaban J connectivity index is 0.000000531. The van der Waals surface area contributed by atoms with E-state index in [-0.39, 0.29) is 6.61 Å². The molecule has 2 rings (SSSR count). The highest BCUT2D eigenvalue weighted by Gasteiger charge is 1.97. The van der Waals surface area contributed by atoms with E-state index in [0.29, 0.717) is 0 Å². The molecule has 1 aromatic carbocycles. The number of aliphatic hydroxyl groups excluding tert-OH is 1. The molecule has 0 spiro atoms. The lowest BCUT2D eigenvalue weighted by molar-refractivity contribution is 0.282. The molecular formula is C12H16N2O. The molecule has 3 heteroatoms. The summed E-state index contributed by atoms with van der Waals surface area (Å²) >= 11 is 0. The second kappa shape index (κ2) is 5.98. The zero-order valence-corrected chi connectivity index (χ0v) is 9.09. The highest BCUT2D eigenvalue weighted by Crippen LogP contribution is 2.06. The highest BCUT2D eigenvalue weighted by molar-refractivity contribution is 5.30. The van der Waals surface area contributed by atoms with Crippen LogP contribution in [0.25, 0.3) is 5.69 Å². The lowest BCUT2D eigenvalue weighted by Gasteiger charge is -1.98. The Morgan fingerprint density at radius 2 is 1.87 bits per heavy atom. The molecule has 2 aromatic rings. The van der Waals surface area contributed by atoms with E-state index in [1.54, 1.807) is 10.9 Å². The van der Waals surface area contributed by atoms with Crippen LogP contribution in [0.3, 0.4) is 0 Å². The van der Waals surface area contributed by atoms with Crippen molar-refractivity contribution in [3.05, 3.63) is 48.3 Å². The molecule has 0 fully saturated rings. The van der Waals surface area contributed by atoms with Crippen molar-refractivity contribution in [1.82, 2.24) is 9.78 Å². The molecule has 1 heterocycles. The summed E-state index contributed by atoms with van der Waals surface area (Å²) in [6.07, 6.45) is 3.47. The Bertz CT molecular complexity index is 382. The van der Waals surface area contributed by atoms with E-state index >= 15 is 0 Å². The monoisotopic (exact) mass is 204 g/mol. The summed E-state index contributed by atoms with van der Waals surface area (Å²) in [6.45, 7) is 4.03. The van der Waals surface area contributed by atoms with Crippen molar-refractivity contribution in [2.75, 3.05) is 0 Å². The van der Waals surface area contributed by atoms with Gasteiger partial charge in [0.1, 0.15) is 0 Å². The summed E-state index contributed by atoms with van der Waals surface area (Å²) < 4.78 is 1.74. The van der Waals surface area contributed by atoms with Gasteiger partial charge in [-0.1, -0.05) is 32.0 Å². The molecule has 3 nitrogen and oxygen atoms in total. The van der Waals surface area contributed by atoms with Gasteiger partial charge >= 0.3 is 0 Å². The first-order chi connectivity index (χ1) is 7.40. The summed E-state index contributed by atoms with van der Waals surface area (Å²) in [5.74, 6) is 0. The van der Waals surface area contributed by atoms with Gasteiger partial charge in [0.25, 0.3) is 0 Å². The highest BCUT2D eigenvalue weighted by atomic mass is 16.3. The van der Waals surface area contributed by atoms with E-state index in [4.69, 9.17) is 5.11 Å². The van der Waals surface area contributed by atoms with Crippen LogP contribution in [0.5, 0.6) is 0 Å². The molecule has 80 valence electrons. The van der Waals surface area contributed by atoms with Gasteiger partial charge in [0, 0.05) is 11.8 Å². The van der Waals surface area contributed by atoms with Crippen LogP contribution in [0.1, 0.15) is 19.4 Å². The second-order valence-corrected chi connectivity index (χ2v) is 2.79. The van der Waals surface area contributed by atoms with E-state index in [2.05, 4.69) is 5.10 Å². The minimum absolute atomic E-state index is 0.0346. The molecule has 0 aliphatic rings. The van der Waals surface area contributed by atoms with Gasteiger partial charge in [0.05, 0.1) is 18.5 Å². The zero-order valence-electron chi connectivity index (χ0n) is 9.09. The average molecular weight is 204 g/mol. The molecule has 0 bridgehead atoms. The third-order valence-electron chi connectivity index (χ3n) is 1.84. The largest absolute Gasteiger partial charge is 0.392 e. The predicted molar refractivity (Wildman–Crippen MR) is 60.8 cm³/mol. The van der Waals surface area contributed by atoms with Gasteiger partial charge in [-0.25, -0.2) is 4.68 Å². The molecule has 1 aromatic heterocycles. The van der Waals surface area contributed by atoms with Crippen molar-refractivity contribution in [2.24, 2.45) is 0 Å². The van der Waals surface area contributed by atoms with E-state index in [9.17, 15) is 0 Å². The first-order valence-corrected chi connectivity index (χ1v) is 5.10. The quantitative estimate of drug-likeness (QED) is 0.815. The number of para-hydroxylation sites is 1. The molecule has 0 saturated heterocycles. The number of aromatic nitrogens is 2. The van der Waals surface area contributed by atoms with Gasteiger partial charge in [-0.3, -0.25) is 0 Å². The van der Waals surface area contributed by atoms with Crippen LogP contribution in [-0.2, 0) is 6.61 Å². The zero-order chi connectivity index (χ0) is 11.1. The fourth-order valence-electron chi connectivity index (χ4n) is 1.16. The summed E-state index contributed by atoms with van der Waals surface area (Å²) in [5.41, 5.74) is 1.83. The summed E-state index contributed by atoms with van der Waals surface area (Å²) in [7, 11) is 0. The van der Waals surface area contributed by atoms with Gasteiger partial charge in [-0.2, -0.15) is 5.10 Å². The van der Waals surface area contributed by atoms with Gasteiger partial charge < -0.3 is 5.11 Å². The molecule has 0 aliphatic heterocycles. The lowest BCUT2D eigenvalue weighted by Crippen LogP contribution is -1.92. The molecule has 0 atom stereocenters. The second-order valence-electron chi connectivity index (χ2n) is 2.79. The van der Waals surface area contributed by atoms with Gasteiger partial charge in [0.2, 0.25) is 0 Å². The number of benzene rings is 1. The Kier molecular flexibility index (Phi) is 4.57. The SMILES string of the molecule is CC.OCc1cnn(-c2ccccc2)c1. The third-order valence-corrected chi connectivity index (χ3v) is 1.84. The summed E-state index contributed by atoms with van der Waals surface area (Å²) in [5, 5.41) is 13.0. The molecular weight excluding hydrogens is 188 g/mol. The van der Waals surface area contributed by atoms with Crippen molar-refractivity contribution >= 4 is 0 Å². The summed E-state index contributed by atoms with van der Waals surface area (Å²) in [6, 6.07) is 9.80. The van der Waals surface area contributed by atoms with Crippen molar-refractivity contribution < 1.29 is 5.11 Å². The topological polar surface area (TPSA) is 38.1 Å². The maximum Gasteiger partial charge on any atom is 0.0712 e. The van der Waals surface area contributed by atoms with Crippen molar-refractivity contribution in [1.29, 1.82) is 0 Å². The van der Waals surface area contributed by atoms with Crippen LogP contribution in [0, 0.1) is 0 Å². The normalized spacial score (nSPS) is 9.27. The Labute approximate surface area is 90.0 Å². The number of aliphatic hydroxyl groups is 1. The van der Waals surface area contributed by atoms with Crippen LogP contribution in [0.2, 0.25) is 0 Å². The average Bonchev–Trinajstić information content (AvgIpc) is 2.81.